The van der Waals surface area contributed by atoms with Crippen molar-refractivity contribution in [3.05, 3.63) is 0 Å². The fourth-order valence-electron chi connectivity index (χ4n) is 2.84. The van der Waals surface area contributed by atoms with Crippen LogP contribution < -0.4 is 0 Å². The Morgan fingerprint density at radius 1 is 0.500 bits per heavy atom. The Bertz CT molecular complexity index is 167. The summed E-state index contributed by atoms with van der Waals surface area (Å²) in [5, 5.41) is 0.438. The van der Waals surface area contributed by atoms with Crippen LogP contribution in [0.1, 0.15) is 117 Å². The van der Waals surface area contributed by atoms with Gasteiger partial charge in [0.2, 0.25) is 0 Å². The maximum absolute atomic E-state index is 6.22. The summed E-state index contributed by atoms with van der Waals surface area (Å²) in [6.45, 7) is 4.51. The van der Waals surface area contributed by atoms with Crippen LogP contribution in [0.5, 0.6) is 0 Å². The third-order valence-corrected chi connectivity index (χ3v) is 4.66. The van der Waals surface area contributed by atoms with Gasteiger partial charge in [-0.3, -0.25) is 0 Å². The molecule has 0 nitrogen and oxygen atoms in total. The lowest BCUT2D eigenvalue weighted by molar-refractivity contribution is 0.530. The van der Waals surface area contributed by atoms with Gasteiger partial charge in [0.05, 0.1) is 0 Å². The van der Waals surface area contributed by atoms with E-state index in [1.54, 1.807) is 0 Å². The van der Waals surface area contributed by atoms with E-state index >= 15 is 0 Å². The van der Waals surface area contributed by atoms with E-state index in [0.717, 1.165) is 0 Å². The fourth-order valence-corrected chi connectivity index (χ4v) is 3.21. The van der Waals surface area contributed by atoms with Crippen molar-refractivity contribution in [2.24, 2.45) is 0 Å². The summed E-state index contributed by atoms with van der Waals surface area (Å²) in [5.41, 5.74) is 0. The highest BCUT2D eigenvalue weighted by Crippen LogP contribution is 2.16. The minimum absolute atomic E-state index is 0.438. The molecule has 0 aliphatic carbocycles. The monoisotopic (exact) mass is 302 g/mol. The third-order valence-electron chi connectivity index (χ3n) is 4.22. The van der Waals surface area contributed by atoms with Crippen LogP contribution in [0, 0.1) is 0 Å². The van der Waals surface area contributed by atoms with Crippen LogP contribution in [0.4, 0.5) is 0 Å². The lowest BCUT2D eigenvalue weighted by atomic mass is 10.0. The van der Waals surface area contributed by atoms with Gasteiger partial charge in [0.25, 0.3) is 0 Å². The van der Waals surface area contributed by atoms with Crippen molar-refractivity contribution in [2.45, 2.75) is 122 Å². The highest BCUT2D eigenvalue weighted by atomic mass is 35.5. The Hall–Kier alpha value is 0.290. The molecule has 122 valence electrons. The fraction of sp³-hybridized carbons (Fsp3) is 1.00. The molecule has 0 aromatic rings. The first-order valence-corrected chi connectivity index (χ1v) is 9.89. The average Bonchev–Trinajstić information content (AvgIpc) is 2.44. The van der Waals surface area contributed by atoms with Crippen LogP contribution in [0.3, 0.4) is 0 Å². The van der Waals surface area contributed by atoms with E-state index in [-0.39, 0.29) is 0 Å². The van der Waals surface area contributed by atoms with Gasteiger partial charge in [0.1, 0.15) is 0 Å². The summed E-state index contributed by atoms with van der Waals surface area (Å²) in [6.07, 6.45) is 22.3. The van der Waals surface area contributed by atoms with Gasteiger partial charge in [0, 0.05) is 5.38 Å². The smallest absolute Gasteiger partial charge is 0.0336 e. The van der Waals surface area contributed by atoms with Gasteiger partial charge in [-0.25, -0.2) is 0 Å². The molecule has 0 aromatic carbocycles. The second-order valence-corrected chi connectivity index (χ2v) is 7.03. The van der Waals surface area contributed by atoms with Gasteiger partial charge >= 0.3 is 0 Å². The van der Waals surface area contributed by atoms with E-state index in [0.29, 0.717) is 5.38 Å². The van der Waals surface area contributed by atoms with Crippen molar-refractivity contribution in [3.63, 3.8) is 0 Å². The molecule has 0 amide bonds. The molecule has 0 aliphatic rings. The van der Waals surface area contributed by atoms with Crippen LogP contribution in [0.25, 0.3) is 0 Å². The SMILES string of the molecule is CCCCCCCCCCCCCCCC(Cl)CCC. The molecule has 0 aliphatic heterocycles. The first-order chi connectivity index (χ1) is 9.81. The second-order valence-electron chi connectivity index (χ2n) is 6.42. The molecule has 1 atom stereocenters. The molecule has 0 saturated heterocycles. The minimum Gasteiger partial charge on any atom is -0.123 e. The largest absolute Gasteiger partial charge is 0.123 e. The number of halogens is 1. The molecule has 20 heavy (non-hydrogen) atoms. The van der Waals surface area contributed by atoms with E-state index in [9.17, 15) is 0 Å². The summed E-state index contributed by atoms with van der Waals surface area (Å²) in [7, 11) is 0. The molecule has 0 fully saturated rings. The number of unbranched alkanes of at least 4 members (excludes halogenated alkanes) is 12. The van der Waals surface area contributed by atoms with Crippen molar-refractivity contribution in [2.75, 3.05) is 0 Å². The second kappa shape index (κ2) is 17.3. The molecule has 0 radical (unpaired) electrons. The number of hydrogen-bond acceptors (Lipinski definition) is 0. The van der Waals surface area contributed by atoms with Gasteiger partial charge in [-0.05, 0) is 12.8 Å². The van der Waals surface area contributed by atoms with Crippen molar-refractivity contribution >= 4 is 11.6 Å². The van der Waals surface area contributed by atoms with Gasteiger partial charge < -0.3 is 0 Å². The Labute approximate surface area is 134 Å². The highest BCUT2D eigenvalue weighted by molar-refractivity contribution is 6.20. The highest BCUT2D eigenvalue weighted by Gasteiger charge is 2.02. The summed E-state index contributed by atoms with van der Waals surface area (Å²) in [6, 6.07) is 0. The molecule has 0 aromatic heterocycles. The van der Waals surface area contributed by atoms with Crippen molar-refractivity contribution in [1.82, 2.24) is 0 Å². The van der Waals surface area contributed by atoms with Crippen LogP contribution in [0.15, 0.2) is 0 Å². The zero-order chi connectivity index (χ0) is 14.9. The number of hydrogen-bond donors (Lipinski definition) is 0. The number of rotatable bonds is 16. The lowest BCUT2D eigenvalue weighted by Crippen LogP contribution is -1.97. The van der Waals surface area contributed by atoms with Gasteiger partial charge in [-0.15, -0.1) is 11.6 Å². The van der Waals surface area contributed by atoms with E-state index < -0.39 is 0 Å². The lowest BCUT2D eigenvalue weighted by Gasteiger charge is -2.07. The Kier molecular flexibility index (Phi) is 17.6. The van der Waals surface area contributed by atoms with E-state index in [1.807, 2.05) is 0 Å². The first-order valence-electron chi connectivity index (χ1n) is 9.45. The first kappa shape index (κ1) is 20.3. The maximum Gasteiger partial charge on any atom is 0.0336 e. The summed E-state index contributed by atoms with van der Waals surface area (Å²) in [5.74, 6) is 0. The molecule has 0 bridgehead atoms. The number of alkyl halides is 1. The average molecular weight is 303 g/mol. The van der Waals surface area contributed by atoms with Crippen molar-refractivity contribution in [1.29, 1.82) is 0 Å². The molecule has 1 unspecified atom stereocenters. The van der Waals surface area contributed by atoms with Crippen molar-refractivity contribution in [3.8, 4) is 0 Å². The molecule has 0 spiro atoms. The molecular formula is C19H39Cl. The van der Waals surface area contributed by atoms with Crippen LogP contribution in [-0.4, -0.2) is 5.38 Å². The van der Waals surface area contributed by atoms with E-state index in [4.69, 9.17) is 11.6 Å². The Balaban J connectivity index is 2.99. The zero-order valence-corrected chi connectivity index (χ0v) is 15.0. The summed E-state index contributed by atoms with van der Waals surface area (Å²) in [4.78, 5) is 0. The Morgan fingerprint density at radius 3 is 1.30 bits per heavy atom. The van der Waals surface area contributed by atoms with Gasteiger partial charge in [-0.2, -0.15) is 0 Å². The maximum atomic E-state index is 6.22. The summed E-state index contributed by atoms with van der Waals surface area (Å²) >= 11 is 6.22. The molecule has 0 saturated carbocycles. The molecule has 0 rings (SSSR count). The Morgan fingerprint density at radius 2 is 0.900 bits per heavy atom. The standard InChI is InChI=1S/C19H39Cl/c1-3-5-6-7-8-9-10-11-12-13-14-15-16-18-19(20)17-4-2/h19H,3-18H2,1-2H3. The predicted molar refractivity (Wildman–Crippen MR) is 94.9 cm³/mol. The minimum atomic E-state index is 0.438. The topological polar surface area (TPSA) is 0 Å². The van der Waals surface area contributed by atoms with Crippen LogP contribution >= 0.6 is 11.6 Å². The quantitative estimate of drug-likeness (QED) is 0.201. The normalized spacial score (nSPS) is 12.8. The van der Waals surface area contributed by atoms with Crippen LogP contribution in [-0.2, 0) is 0 Å². The molecular weight excluding hydrogens is 264 g/mol. The molecule has 0 N–H and O–H groups in total. The van der Waals surface area contributed by atoms with Gasteiger partial charge in [0.15, 0.2) is 0 Å². The van der Waals surface area contributed by atoms with Crippen molar-refractivity contribution < 1.29 is 0 Å². The van der Waals surface area contributed by atoms with Gasteiger partial charge in [-0.1, -0.05) is 104 Å². The molecule has 0 heterocycles. The van der Waals surface area contributed by atoms with Crippen LogP contribution in [0.2, 0.25) is 0 Å². The van der Waals surface area contributed by atoms with E-state index in [2.05, 4.69) is 13.8 Å². The predicted octanol–water partition coefficient (Wildman–Crippen LogP) is 7.88. The third kappa shape index (κ3) is 16.3. The zero-order valence-electron chi connectivity index (χ0n) is 14.3. The molecule has 1 heteroatoms. The summed E-state index contributed by atoms with van der Waals surface area (Å²) < 4.78 is 0. The van der Waals surface area contributed by atoms with E-state index in [1.165, 1.54) is 103 Å².